The van der Waals surface area contributed by atoms with Crippen LogP contribution in [0.25, 0.3) is 0 Å². The number of hydrazine groups is 1. The Morgan fingerprint density at radius 2 is 1.83 bits per heavy atom. The molecule has 3 N–H and O–H groups in total. The van der Waals surface area contributed by atoms with Crippen LogP contribution in [0.15, 0.2) is 34.2 Å². The molecule has 0 radical (unpaired) electrons. The standard InChI is InChI=1S/C15H20N4O4S/c1-10(2)9-14(21)18-17-13(20)7-8-16-15-11-5-3-4-6-12(11)24(22,23)19-15/h3-6,10H,7-9H2,1-2H3,(H,16,19)(H,17,20)(H,18,21). The maximum atomic E-state index is 11.9. The molecule has 0 saturated carbocycles. The highest BCUT2D eigenvalue weighted by Crippen LogP contribution is 2.22. The number of carbonyl (C=O) groups excluding carboxylic acids is 2. The molecule has 2 amide bonds. The fourth-order valence-electron chi connectivity index (χ4n) is 2.14. The van der Waals surface area contributed by atoms with Gasteiger partial charge in [-0.05, 0) is 18.1 Å². The highest BCUT2D eigenvalue weighted by Gasteiger charge is 2.29. The quantitative estimate of drug-likeness (QED) is 0.661. The minimum atomic E-state index is -3.58. The zero-order chi connectivity index (χ0) is 17.7. The molecule has 0 aliphatic carbocycles. The number of benzene rings is 1. The lowest BCUT2D eigenvalue weighted by molar-refractivity contribution is -0.129. The number of fused-ring (bicyclic) bond motifs is 1. The van der Waals surface area contributed by atoms with Crippen LogP contribution in [0.5, 0.6) is 0 Å². The normalized spacial score (nSPS) is 16.5. The van der Waals surface area contributed by atoms with Crippen LogP contribution >= 0.6 is 0 Å². The van der Waals surface area contributed by atoms with Gasteiger partial charge in [0.25, 0.3) is 10.0 Å². The smallest absolute Gasteiger partial charge is 0.263 e. The van der Waals surface area contributed by atoms with Gasteiger partial charge in [0.2, 0.25) is 11.8 Å². The van der Waals surface area contributed by atoms with Gasteiger partial charge in [-0.3, -0.25) is 30.2 Å². The summed E-state index contributed by atoms with van der Waals surface area (Å²) in [5.41, 5.74) is 5.11. The Labute approximate surface area is 140 Å². The second-order valence-electron chi connectivity index (χ2n) is 5.78. The number of hydrogen-bond donors (Lipinski definition) is 3. The van der Waals surface area contributed by atoms with Crippen LogP contribution in [0.4, 0.5) is 0 Å². The molecule has 0 fully saturated rings. The third-order valence-electron chi connectivity index (χ3n) is 3.21. The van der Waals surface area contributed by atoms with Crippen LogP contribution in [-0.4, -0.2) is 32.6 Å². The number of nitrogens with one attached hydrogen (secondary N) is 3. The first-order valence-electron chi connectivity index (χ1n) is 7.54. The number of amides is 2. The van der Waals surface area contributed by atoms with E-state index in [1.807, 2.05) is 13.8 Å². The lowest BCUT2D eigenvalue weighted by atomic mass is 10.1. The zero-order valence-corrected chi connectivity index (χ0v) is 14.3. The van der Waals surface area contributed by atoms with Crippen molar-refractivity contribution in [1.29, 1.82) is 0 Å². The summed E-state index contributed by atoms with van der Waals surface area (Å²) in [5, 5.41) is 0. The van der Waals surface area contributed by atoms with E-state index in [2.05, 4.69) is 20.6 Å². The molecule has 24 heavy (non-hydrogen) atoms. The Morgan fingerprint density at radius 1 is 1.17 bits per heavy atom. The van der Waals surface area contributed by atoms with Gasteiger partial charge in [-0.15, -0.1) is 0 Å². The van der Waals surface area contributed by atoms with Crippen molar-refractivity contribution < 1.29 is 18.0 Å². The molecule has 1 aromatic rings. The average molecular weight is 352 g/mol. The van der Waals surface area contributed by atoms with Crippen molar-refractivity contribution in [2.75, 3.05) is 6.54 Å². The third-order valence-corrected chi connectivity index (χ3v) is 4.60. The molecule has 0 aromatic heterocycles. The second kappa shape index (κ2) is 7.43. The first kappa shape index (κ1) is 17.9. The molecular weight excluding hydrogens is 332 g/mol. The Hall–Kier alpha value is -2.42. The van der Waals surface area contributed by atoms with Crippen LogP contribution in [0.3, 0.4) is 0 Å². The third kappa shape index (κ3) is 4.54. The molecule has 130 valence electrons. The summed E-state index contributed by atoms with van der Waals surface area (Å²) in [4.78, 5) is 27.4. The van der Waals surface area contributed by atoms with E-state index in [1.54, 1.807) is 18.2 Å². The van der Waals surface area contributed by atoms with E-state index in [4.69, 9.17) is 0 Å². The van der Waals surface area contributed by atoms with Crippen LogP contribution in [0, 0.1) is 5.92 Å². The molecule has 0 bridgehead atoms. The summed E-state index contributed by atoms with van der Waals surface area (Å²) in [7, 11) is -3.58. The predicted octanol–water partition coefficient (Wildman–Crippen LogP) is 0.309. The second-order valence-corrected chi connectivity index (χ2v) is 7.43. The lowest BCUT2D eigenvalue weighted by Crippen LogP contribution is -2.42. The molecule has 0 atom stereocenters. The van der Waals surface area contributed by atoms with E-state index >= 15 is 0 Å². The van der Waals surface area contributed by atoms with Gasteiger partial charge in [0.05, 0.1) is 11.4 Å². The van der Waals surface area contributed by atoms with Crippen molar-refractivity contribution in [2.24, 2.45) is 10.9 Å². The molecule has 0 unspecified atom stereocenters. The van der Waals surface area contributed by atoms with E-state index in [1.165, 1.54) is 6.07 Å². The van der Waals surface area contributed by atoms with E-state index in [-0.39, 0.29) is 35.5 Å². The van der Waals surface area contributed by atoms with E-state index in [9.17, 15) is 18.0 Å². The predicted molar refractivity (Wildman–Crippen MR) is 88.5 cm³/mol. The molecule has 2 rings (SSSR count). The Kier molecular flexibility index (Phi) is 5.55. The summed E-state index contributed by atoms with van der Waals surface area (Å²) in [6.45, 7) is 3.90. The number of amidine groups is 1. The van der Waals surface area contributed by atoms with Gasteiger partial charge >= 0.3 is 0 Å². The van der Waals surface area contributed by atoms with Gasteiger partial charge < -0.3 is 0 Å². The van der Waals surface area contributed by atoms with Crippen molar-refractivity contribution in [3.8, 4) is 0 Å². The Morgan fingerprint density at radius 3 is 2.54 bits per heavy atom. The molecule has 1 aromatic carbocycles. The Balaban J connectivity index is 1.87. The number of carbonyl (C=O) groups is 2. The highest BCUT2D eigenvalue weighted by molar-refractivity contribution is 7.90. The van der Waals surface area contributed by atoms with Gasteiger partial charge in [0.1, 0.15) is 5.84 Å². The summed E-state index contributed by atoms with van der Waals surface area (Å²) in [6.07, 6.45) is 0.344. The van der Waals surface area contributed by atoms with Crippen LogP contribution in [-0.2, 0) is 19.6 Å². The number of nitrogens with zero attached hydrogens (tertiary/aromatic N) is 1. The lowest BCUT2D eigenvalue weighted by Gasteiger charge is -2.08. The van der Waals surface area contributed by atoms with Crippen molar-refractivity contribution in [3.05, 3.63) is 29.8 Å². The molecule has 8 nitrogen and oxygen atoms in total. The minimum Gasteiger partial charge on any atom is -0.273 e. The van der Waals surface area contributed by atoms with Gasteiger partial charge in [-0.1, -0.05) is 26.0 Å². The molecule has 1 heterocycles. The van der Waals surface area contributed by atoms with E-state index in [0.717, 1.165) is 0 Å². The molecule has 1 aliphatic heterocycles. The van der Waals surface area contributed by atoms with Gasteiger partial charge in [-0.2, -0.15) is 0 Å². The van der Waals surface area contributed by atoms with Crippen molar-refractivity contribution in [3.63, 3.8) is 0 Å². The zero-order valence-electron chi connectivity index (χ0n) is 13.5. The fraction of sp³-hybridized carbons (Fsp3) is 0.400. The van der Waals surface area contributed by atoms with Crippen LogP contribution < -0.4 is 15.6 Å². The average Bonchev–Trinajstić information content (AvgIpc) is 2.76. The van der Waals surface area contributed by atoms with Crippen molar-refractivity contribution in [2.45, 2.75) is 31.6 Å². The van der Waals surface area contributed by atoms with Crippen molar-refractivity contribution >= 4 is 27.7 Å². The first-order valence-corrected chi connectivity index (χ1v) is 9.02. The SMILES string of the molecule is CC(C)CC(=O)NNC(=O)CCN=C1NS(=O)(=O)c2ccccc21. The van der Waals surface area contributed by atoms with Gasteiger partial charge in [-0.25, -0.2) is 8.42 Å². The largest absolute Gasteiger partial charge is 0.273 e. The Bertz CT molecular complexity index is 771. The number of hydrogen-bond acceptors (Lipinski definition) is 5. The van der Waals surface area contributed by atoms with Gasteiger partial charge in [0.15, 0.2) is 0 Å². The van der Waals surface area contributed by atoms with Crippen LogP contribution in [0.2, 0.25) is 0 Å². The monoisotopic (exact) mass is 352 g/mol. The summed E-state index contributed by atoms with van der Waals surface area (Å²) in [6, 6.07) is 6.50. The highest BCUT2D eigenvalue weighted by atomic mass is 32.2. The molecule has 1 aliphatic rings. The number of rotatable bonds is 5. The van der Waals surface area contributed by atoms with E-state index < -0.39 is 15.9 Å². The maximum Gasteiger partial charge on any atom is 0.263 e. The molecule has 9 heteroatoms. The van der Waals surface area contributed by atoms with E-state index in [0.29, 0.717) is 12.0 Å². The topological polar surface area (TPSA) is 117 Å². The summed E-state index contributed by atoms with van der Waals surface area (Å²) >= 11 is 0. The number of sulfonamides is 1. The minimum absolute atomic E-state index is 0.0232. The van der Waals surface area contributed by atoms with Crippen LogP contribution in [0.1, 0.15) is 32.3 Å². The number of aliphatic imine (C=N–C) groups is 1. The molecular formula is C15H20N4O4S. The van der Waals surface area contributed by atoms with Crippen molar-refractivity contribution in [1.82, 2.24) is 15.6 Å². The molecule has 0 saturated heterocycles. The summed E-state index contributed by atoms with van der Waals surface area (Å²) < 4.78 is 26.2. The molecule has 0 spiro atoms. The fourth-order valence-corrected chi connectivity index (χ4v) is 3.40. The first-order chi connectivity index (χ1) is 11.3. The summed E-state index contributed by atoms with van der Waals surface area (Å²) in [5.74, 6) is -0.237. The van der Waals surface area contributed by atoms with Gasteiger partial charge in [0, 0.05) is 18.4 Å². The maximum absolute atomic E-state index is 11.9.